The lowest BCUT2D eigenvalue weighted by molar-refractivity contribution is 0.397. The zero-order valence-corrected chi connectivity index (χ0v) is 15.2. The van der Waals surface area contributed by atoms with Crippen molar-refractivity contribution in [2.75, 3.05) is 26.7 Å². The highest BCUT2D eigenvalue weighted by Crippen LogP contribution is 2.34. The number of nitrogens with two attached hydrogens (primary N) is 1. The molecule has 0 radical (unpaired) electrons. The van der Waals surface area contributed by atoms with E-state index in [9.17, 15) is 8.42 Å². The van der Waals surface area contributed by atoms with Gasteiger partial charge in [-0.25, -0.2) is 8.42 Å². The zero-order valence-electron chi connectivity index (χ0n) is 12.0. The number of aryl methyl sites for hydroxylation is 1. The smallest absolute Gasteiger partial charge is 0.246 e. The van der Waals surface area contributed by atoms with Crippen LogP contribution in [0.25, 0.3) is 0 Å². The van der Waals surface area contributed by atoms with Crippen molar-refractivity contribution in [2.45, 2.75) is 18.2 Å². The van der Waals surface area contributed by atoms with E-state index in [0.29, 0.717) is 25.4 Å². The average molecular weight is 400 g/mol. The van der Waals surface area contributed by atoms with Crippen molar-refractivity contribution in [3.8, 4) is 5.75 Å². The van der Waals surface area contributed by atoms with Crippen molar-refractivity contribution in [3.63, 3.8) is 0 Å². The number of halogens is 2. The molecule has 1 aromatic rings. The van der Waals surface area contributed by atoms with Crippen molar-refractivity contribution in [3.05, 3.63) is 22.2 Å². The molecule has 1 aliphatic rings. The van der Waals surface area contributed by atoms with E-state index >= 15 is 0 Å². The van der Waals surface area contributed by atoms with Crippen LogP contribution in [-0.4, -0.2) is 39.5 Å². The van der Waals surface area contributed by atoms with Crippen LogP contribution in [-0.2, 0) is 10.0 Å². The lowest BCUT2D eigenvalue weighted by Crippen LogP contribution is -2.30. The molecule has 0 saturated carbocycles. The minimum absolute atomic E-state index is 0. The summed E-state index contributed by atoms with van der Waals surface area (Å²) < 4.78 is 32.9. The van der Waals surface area contributed by atoms with Crippen LogP contribution in [0.2, 0.25) is 0 Å². The predicted molar refractivity (Wildman–Crippen MR) is 88.6 cm³/mol. The Morgan fingerprint density at radius 2 is 2.14 bits per heavy atom. The minimum atomic E-state index is -3.54. The highest BCUT2D eigenvalue weighted by atomic mass is 79.9. The topological polar surface area (TPSA) is 72.6 Å². The molecule has 0 aliphatic carbocycles. The Hall–Kier alpha value is -0.340. The lowest BCUT2D eigenvalue weighted by Gasteiger charge is -2.19. The Labute approximate surface area is 140 Å². The van der Waals surface area contributed by atoms with Gasteiger partial charge in [-0.2, -0.15) is 4.31 Å². The Balaban J connectivity index is 0.00000220. The highest BCUT2D eigenvalue weighted by molar-refractivity contribution is 9.10. The normalized spacial score (nSPS) is 19.3. The largest absolute Gasteiger partial charge is 0.495 e. The molecular weight excluding hydrogens is 380 g/mol. The molecule has 120 valence electrons. The molecule has 1 aromatic carbocycles. The van der Waals surface area contributed by atoms with Crippen molar-refractivity contribution >= 4 is 38.4 Å². The van der Waals surface area contributed by atoms with E-state index in [0.717, 1.165) is 16.5 Å². The van der Waals surface area contributed by atoms with Gasteiger partial charge in [0, 0.05) is 17.6 Å². The summed E-state index contributed by atoms with van der Waals surface area (Å²) in [7, 11) is -2.06. The maximum atomic E-state index is 12.7. The third-order valence-corrected chi connectivity index (χ3v) is 6.39. The molecule has 21 heavy (non-hydrogen) atoms. The molecule has 1 heterocycles. The van der Waals surface area contributed by atoms with E-state index in [4.69, 9.17) is 10.5 Å². The molecule has 2 rings (SSSR count). The summed E-state index contributed by atoms with van der Waals surface area (Å²) in [4.78, 5) is 0.204. The minimum Gasteiger partial charge on any atom is -0.495 e. The third kappa shape index (κ3) is 3.71. The van der Waals surface area contributed by atoms with E-state index in [-0.39, 0.29) is 23.2 Å². The van der Waals surface area contributed by atoms with Gasteiger partial charge in [0.2, 0.25) is 10.0 Å². The molecule has 1 atom stereocenters. The fraction of sp³-hybridized carbons (Fsp3) is 0.538. The number of rotatable bonds is 4. The van der Waals surface area contributed by atoms with Crippen LogP contribution in [0.15, 0.2) is 21.5 Å². The number of ether oxygens (including phenoxy) is 1. The van der Waals surface area contributed by atoms with Crippen LogP contribution in [0.4, 0.5) is 0 Å². The van der Waals surface area contributed by atoms with E-state index < -0.39 is 10.0 Å². The van der Waals surface area contributed by atoms with Gasteiger partial charge >= 0.3 is 0 Å². The van der Waals surface area contributed by atoms with Gasteiger partial charge in [-0.1, -0.05) is 15.9 Å². The highest BCUT2D eigenvalue weighted by Gasteiger charge is 2.34. The molecule has 0 spiro atoms. The van der Waals surface area contributed by atoms with E-state index in [1.807, 2.05) is 6.92 Å². The molecule has 1 aliphatic heterocycles. The standard InChI is InChI=1S/C13H19BrN2O3S.ClH/c1-9-5-12(19-2)13(6-11(9)14)20(17,18)16-4-3-10(7-15)8-16;/h5-6,10H,3-4,7-8,15H2,1-2H3;1H. The number of sulfonamides is 1. The van der Waals surface area contributed by atoms with Crippen molar-refractivity contribution in [2.24, 2.45) is 11.7 Å². The molecule has 0 aromatic heterocycles. The van der Waals surface area contributed by atoms with Crippen molar-refractivity contribution in [1.82, 2.24) is 4.31 Å². The summed E-state index contributed by atoms with van der Waals surface area (Å²) in [5.74, 6) is 0.617. The zero-order chi connectivity index (χ0) is 14.9. The van der Waals surface area contributed by atoms with Crippen LogP contribution in [0, 0.1) is 12.8 Å². The summed E-state index contributed by atoms with van der Waals surface area (Å²) in [5, 5.41) is 0. The monoisotopic (exact) mass is 398 g/mol. The predicted octanol–water partition coefficient (Wildman–Crippen LogP) is 2.16. The number of methoxy groups -OCH3 is 1. The second-order valence-electron chi connectivity index (χ2n) is 5.01. The quantitative estimate of drug-likeness (QED) is 0.842. The summed E-state index contributed by atoms with van der Waals surface area (Å²) in [5.41, 5.74) is 6.56. The van der Waals surface area contributed by atoms with Gasteiger partial charge in [0.15, 0.2) is 0 Å². The van der Waals surface area contributed by atoms with Crippen LogP contribution < -0.4 is 10.5 Å². The maximum absolute atomic E-state index is 12.7. The first-order valence-electron chi connectivity index (χ1n) is 6.44. The molecule has 1 unspecified atom stereocenters. The van der Waals surface area contributed by atoms with E-state index in [1.165, 1.54) is 11.4 Å². The molecule has 1 saturated heterocycles. The van der Waals surface area contributed by atoms with Crippen LogP contribution in [0.1, 0.15) is 12.0 Å². The molecule has 0 bridgehead atoms. The Morgan fingerprint density at radius 1 is 1.48 bits per heavy atom. The fourth-order valence-electron chi connectivity index (χ4n) is 2.34. The van der Waals surface area contributed by atoms with Crippen LogP contribution in [0.5, 0.6) is 5.75 Å². The van der Waals surface area contributed by atoms with E-state index in [2.05, 4.69) is 15.9 Å². The van der Waals surface area contributed by atoms with Crippen molar-refractivity contribution in [1.29, 1.82) is 0 Å². The third-order valence-electron chi connectivity index (χ3n) is 3.64. The summed E-state index contributed by atoms with van der Waals surface area (Å²) in [6.45, 7) is 3.40. The maximum Gasteiger partial charge on any atom is 0.246 e. The lowest BCUT2D eigenvalue weighted by atomic mass is 10.1. The Morgan fingerprint density at radius 3 is 2.67 bits per heavy atom. The van der Waals surface area contributed by atoms with Gasteiger partial charge < -0.3 is 10.5 Å². The molecular formula is C13H20BrClN2O3S. The van der Waals surface area contributed by atoms with Gasteiger partial charge in [0.1, 0.15) is 10.6 Å². The SMILES string of the molecule is COc1cc(C)c(Br)cc1S(=O)(=O)N1CCC(CN)C1.Cl. The fourth-order valence-corrected chi connectivity index (χ4v) is 4.53. The first-order chi connectivity index (χ1) is 9.40. The van der Waals surface area contributed by atoms with Gasteiger partial charge in [-0.15, -0.1) is 12.4 Å². The molecule has 1 fully saturated rings. The molecule has 2 N–H and O–H groups in total. The number of hydrogen-bond acceptors (Lipinski definition) is 4. The van der Waals surface area contributed by atoms with Crippen molar-refractivity contribution < 1.29 is 13.2 Å². The van der Waals surface area contributed by atoms with Gasteiger partial charge in [-0.05, 0) is 43.5 Å². The second kappa shape index (κ2) is 7.28. The number of hydrogen-bond donors (Lipinski definition) is 1. The van der Waals surface area contributed by atoms with Gasteiger partial charge in [0.25, 0.3) is 0 Å². The number of nitrogens with zero attached hydrogens (tertiary/aromatic N) is 1. The average Bonchev–Trinajstić information content (AvgIpc) is 2.90. The Kier molecular flexibility index (Phi) is 6.49. The molecule has 8 heteroatoms. The van der Waals surface area contributed by atoms with Gasteiger partial charge in [-0.3, -0.25) is 0 Å². The van der Waals surface area contributed by atoms with Crippen LogP contribution in [0.3, 0.4) is 0 Å². The van der Waals surface area contributed by atoms with Crippen LogP contribution >= 0.6 is 28.3 Å². The summed E-state index contributed by atoms with van der Waals surface area (Å²) >= 11 is 3.38. The number of benzene rings is 1. The first-order valence-corrected chi connectivity index (χ1v) is 8.67. The Bertz CT molecular complexity index is 610. The summed E-state index contributed by atoms with van der Waals surface area (Å²) in [6, 6.07) is 3.34. The molecule has 0 amide bonds. The summed E-state index contributed by atoms with van der Waals surface area (Å²) in [6.07, 6.45) is 0.811. The second-order valence-corrected chi connectivity index (χ2v) is 7.77. The van der Waals surface area contributed by atoms with E-state index in [1.54, 1.807) is 12.1 Å². The molecule has 5 nitrogen and oxygen atoms in total. The van der Waals surface area contributed by atoms with Gasteiger partial charge in [0.05, 0.1) is 7.11 Å². The first kappa shape index (κ1) is 18.7.